The normalized spacial score (nSPS) is 10.3. The smallest absolute Gasteiger partial charge is 0.241 e. The number of benzene rings is 1. The lowest BCUT2D eigenvalue weighted by Crippen LogP contribution is -2.30. The molecule has 1 aromatic carbocycles. The Morgan fingerprint density at radius 2 is 2.14 bits per heavy atom. The maximum Gasteiger partial charge on any atom is 0.241 e. The van der Waals surface area contributed by atoms with Crippen molar-refractivity contribution < 1.29 is 4.79 Å². The predicted molar refractivity (Wildman–Crippen MR) is 84.0 cm³/mol. The summed E-state index contributed by atoms with van der Waals surface area (Å²) in [6.07, 6.45) is 4.06. The Kier molecular flexibility index (Phi) is 5.20. The zero-order chi connectivity index (χ0) is 15.1. The van der Waals surface area contributed by atoms with Gasteiger partial charge in [0.1, 0.15) is 6.54 Å². The molecule has 0 radical (unpaired) electrons. The average molecular weight is 287 g/mol. The van der Waals surface area contributed by atoms with Crippen LogP contribution in [0.2, 0.25) is 0 Å². The van der Waals surface area contributed by atoms with Crippen molar-refractivity contribution in [2.45, 2.75) is 13.0 Å². The first kappa shape index (κ1) is 14.9. The van der Waals surface area contributed by atoms with E-state index in [-0.39, 0.29) is 12.5 Å². The number of carbonyl (C=O) groups is 1. The summed E-state index contributed by atoms with van der Waals surface area (Å²) < 4.78 is 1.53. The number of carbonyl (C=O) groups excluding carboxylic acids is 1. The molecule has 1 amide bonds. The van der Waals surface area contributed by atoms with E-state index < -0.39 is 0 Å². The maximum absolute atomic E-state index is 11.7. The molecule has 0 saturated carbocycles. The highest BCUT2D eigenvalue weighted by molar-refractivity contribution is 5.75. The molecule has 21 heavy (non-hydrogen) atoms. The van der Waals surface area contributed by atoms with Gasteiger partial charge in [0.25, 0.3) is 0 Å². The van der Waals surface area contributed by atoms with Crippen LogP contribution in [0.15, 0.2) is 42.7 Å². The molecule has 0 atom stereocenters. The van der Waals surface area contributed by atoms with Crippen LogP contribution in [0.25, 0.3) is 0 Å². The Morgan fingerprint density at radius 1 is 1.38 bits per heavy atom. The van der Waals surface area contributed by atoms with Gasteiger partial charge < -0.3 is 16.0 Å². The fourth-order valence-corrected chi connectivity index (χ4v) is 2.02. The Morgan fingerprint density at radius 3 is 2.81 bits per heavy atom. The summed E-state index contributed by atoms with van der Waals surface area (Å²) in [6.45, 7) is 1.73. The van der Waals surface area contributed by atoms with Crippen LogP contribution in [0.1, 0.15) is 6.42 Å². The summed E-state index contributed by atoms with van der Waals surface area (Å²) in [5, 5.41) is 6.85. The van der Waals surface area contributed by atoms with Crippen LogP contribution in [0.3, 0.4) is 0 Å². The van der Waals surface area contributed by atoms with Crippen LogP contribution >= 0.6 is 0 Å². The number of nitrogens with one attached hydrogen (secondary N) is 1. The number of hydrogen-bond acceptors (Lipinski definition) is 4. The molecule has 1 heterocycles. The van der Waals surface area contributed by atoms with E-state index in [0.717, 1.165) is 13.0 Å². The fraction of sp³-hybridized carbons (Fsp3) is 0.333. The lowest BCUT2D eigenvalue weighted by Gasteiger charge is -2.19. The standard InChI is InChI=1S/C15H21N5O/c1-19(14-6-3-2-4-7-14)9-5-8-17-15(21)12-20-11-13(16)10-18-20/h2-4,6-7,10-11H,5,8-9,12,16H2,1H3,(H,17,21). The second-order valence-corrected chi connectivity index (χ2v) is 4.93. The van der Waals surface area contributed by atoms with Crippen LogP contribution < -0.4 is 16.0 Å². The number of hydrogen-bond donors (Lipinski definition) is 2. The highest BCUT2D eigenvalue weighted by Gasteiger charge is 2.04. The average Bonchev–Trinajstić information content (AvgIpc) is 2.89. The fourth-order valence-electron chi connectivity index (χ4n) is 2.02. The van der Waals surface area contributed by atoms with Crippen LogP contribution in [0, 0.1) is 0 Å². The first-order chi connectivity index (χ1) is 10.1. The van der Waals surface area contributed by atoms with E-state index >= 15 is 0 Å². The number of nitrogen functional groups attached to an aromatic ring is 1. The molecule has 3 N–H and O–H groups in total. The molecule has 0 aliphatic rings. The van der Waals surface area contributed by atoms with Gasteiger partial charge in [0.15, 0.2) is 0 Å². The van der Waals surface area contributed by atoms with Crippen molar-refractivity contribution in [1.29, 1.82) is 0 Å². The van der Waals surface area contributed by atoms with Crippen LogP contribution in [0.5, 0.6) is 0 Å². The number of nitrogens with zero attached hydrogens (tertiary/aromatic N) is 3. The minimum absolute atomic E-state index is 0.0551. The van der Waals surface area contributed by atoms with Gasteiger partial charge in [-0.1, -0.05) is 18.2 Å². The molecular formula is C15H21N5O. The molecule has 0 unspecified atom stereocenters. The van der Waals surface area contributed by atoms with Gasteiger partial charge >= 0.3 is 0 Å². The molecule has 6 heteroatoms. The predicted octanol–water partition coefficient (Wildman–Crippen LogP) is 1.11. The molecule has 2 aromatic rings. The molecule has 0 spiro atoms. The van der Waals surface area contributed by atoms with Crippen LogP contribution in [-0.4, -0.2) is 35.8 Å². The third-order valence-electron chi connectivity index (χ3n) is 3.15. The number of rotatable bonds is 7. The number of aromatic nitrogens is 2. The van der Waals surface area contributed by atoms with E-state index in [9.17, 15) is 4.79 Å². The molecule has 112 valence electrons. The molecule has 0 aliphatic carbocycles. The van der Waals surface area contributed by atoms with E-state index in [2.05, 4.69) is 27.4 Å². The molecule has 6 nitrogen and oxygen atoms in total. The summed E-state index contributed by atoms with van der Waals surface area (Å²) >= 11 is 0. The van der Waals surface area contributed by atoms with Crippen molar-refractivity contribution in [3.8, 4) is 0 Å². The number of nitrogens with two attached hydrogens (primary N) is 1. The van der Waals surface area contributed by atoms with E-state index in [0.29, 0.717) is 12.2 Å². The van der Waals surface area contributed by atoms with Gasteiger partial charge in [-0.05, 0) is 18.6 Å². The zero-order valence-electron chi connectivity index (χ0n) is 12.2. The van der Waals surface area contributed by atoms with Crippen molar-refractivity contribution >= 4 is 17.3 Å². The molecule has 2 rings (SSSR count). The van der Waals surface area contributed by atoms with Crippen LogP contribution in [-0.2, 0) is 11.3 Å². The monoisotopic (exact) mass is 287 g/mol. The first-order valence-electron chi connectivity index (χ1n) is 6.96. The molecule has 0 bridgehead atoms. The van der Waals surface area contributed by atoms with Crippen molar-refractivity contribution in [2.24, 2.45) is 0 Å². The summed E-state index contributed by atoms with van der Waals surface area (Å²) in [5.41, 5.74) is 7.28. The Balaban J connectivity index is 1.64. The van der Waals surface area contributed by atoms with Gasteiger partial charge in [-0.25, -0.2) is 0 Å². The largest absolute Gasteiger partial charge is 0.396 e. The zero-order valence-corrected chi connectivity index (χ0v) is 12.2. The second-order valence-electron chi connectivity index (χ2n) is 4.93. The summed E-state index contributed by atoms with van der Waals surface area (Å²) in [4.78, 5) is 13.9. The van der Waals surface area contributed by atoms with E-state index in [4.69, 9.17) is 5.73 Å². The van der Waals surface area contributed by atoms with Crippen molar-refractivity contribution in [1.82, 2.24) is 15.1 Å². The van der Waals surface area contributed by atoms with E-state index in [1.54, 1.807) is 6.20 Å². The lowest BCUT2D eigenvalue weighted by molar-refractivity contribution is -0.121. The Bertz CT molecular complexity index is 566. The maximum atomic E-state index is 11.7. The topological polar surface area (TPSA) is 76.2 Å². The van der Waals surface area contributed by atoms with Gasteiger partial charge in [-0.3, -0.25) is 9.48 Å². The first-order valence-corrected chi connectivity index (χ1v) is 6.96. The summed E-state index contributed by atoms with van der Waals surface area (Å²) in [6, 6.07) is 10.2. The van der Waals surface area contributed by atoms with E-state index in [1.807, 2.05) is 25.2 Å². The molecule has 0 aliphatic heterocycles. The number of para-hydroxylation sites is 1. The molecule has 0 saturated heterocycles. The molecule has 0 fully saturated rings. The van der Waals surface area contributed by atoms with Crippen molar-refractivity contribution in [3.63, 3.8) is 0 Å². The Labute approximate surface area is 124 Å². The third-order valence-corrected chi connectivity index (χ3v) is 3.15. The van der Waals surface area contributed by atoms with Gasteiger partial charge in [0, 0.05) is 32.0 Å². The van der Waals surface area contributed by atoms with E-state index in [1.165, 1.54) is 16.6 Å². The SMILES string of the molecule is CN(CCCNC(=O)Cn1cc(N)cn1)c1ccccc1. The summed E-state index contributed by atoms with van der Waals surface area (Å²) in [5.74, 6) is -0.0551. The van der Waals surface area contributed by atoms with Crippen molar-refractivity contribution in [3.05, 3.63) is 42.7 Å². The van der Waals surface area contributed by atoms with Crippen LogP contribution in [0.4, 0.5) is 11.4 Å². The summed E-state index contributed by atoms with van der Waals surface area (Å²) in [7, 11) is 2.05. The molecular weight excluding hydrogens is 266 g/mol. The van der Waals surface area contributed by atoms with Gasteiger partial charge in [-0.2, -0.15) is 5.10 Å². The molecule has 1 aromatic heterocycles. The van der Waals surface area contributed by atoms with Crippen molar-refractivity contribution in [2.75, 3.05) is 30.8 Å². The minimum Gasteiger partial charge on any atom is -0.396 e. The highest BCUT2D eigenvalue weighted by Crippen LogP contribution is 2.10. The minimum atomic E-state index is -0.0551. The third kappa shape index (κ3) is 4.83. The van der Waals surface area contributed by atoms with Gasteiger partial charge in [0.2, 0.25) is 5.91 Å². The lowest BCUT2D eigenvalue weighted by atomic mass is 10.3. The van der Waals surface area contributed by atoms with Gasteiger partial charge in [0.05, 0.1) is 11.9 Å². The Hall–Kier alpha value is -2.50. The number of amides is 1. The highest BCUT2D eigenvalue weighted by atomic mass is 16.2. The quantitative estimate of drug-likeness (QED) is 0.748. The number of anilines is 2. The second kappa shape index (κ2) is 7.33. The van der Waals surface area contributed by atoms with Gasteiger partial charge in [-0.15, -0.1) is 0 Å².